The molecule has 1 atom stereocenters. The molecule has 0 aromatic carbocycles. The van der Waals surface area contributed by atoms with E-state index >= 15 is 0 Å². The third-order valence-electron chi connectivity index (χ3n) is 3.22. The van der Waals surface area contributed by atoms with Crippen molar-refractivity contribution in [3.8, 4) is 0 Å². The maximum Gasteiger partial charge on any atom is 0.236 e. The van der Waals surface area contributed by atoms with Crippen LogP contribution in [-0.4, -0.2) is 49.4 Å². The molecule has 1 fully saturated rings. The van der Waals surface area contributed by atoms with E-state index < -0.39 is 0 Å². The van der Waals surface area contributed by atoms with Crippen molar-refractivity contribution in [2.24, 2.45) is 11.3 Å². The van der Waals surface area contributed by atoms with Gasteiger partial charge < -0.3 is 9.80 Å². The molecule has 1 saturated heterocycles. The molecule has 100 valence electrons. The summed E-state index contributed by atoms with van der Waals surface area (Å²) in [6.45, 7) is 9.31. The number of amides is 1. The number of likely N-dealkylation sites (N-methyl/N-ethyl adjacent to an activating group) is 1. The first kappa shape index (κ1) is 14.5. The number of likely N-dealkylation sites (tertiary alicyclic amines) is 1. The van der Waals surface area contributed by atoms with E-state index in [1.807, 2.05) is 19.0 Å². The number of nitrogens with zero attached hydrogens (tertiary/aromatic N) is 2. The second kappa shape index (κ2) is 5.85. The highest BCUT2D eigenvalue weighted by molar-refractivity contribution is 5.78. The van der Waals surface area contributed by atoms with Gasteiger partial charge in [-0.25, -0.2) is 0 Å². The van der Waals surface area contributed by atoms with Crippen LogP contribution in [-0.2, 0) is 4.79 Å². The Morgan fingerprint density at radius 1 is 1.35 bits per heavy atom. The van der Waals surface area contributed by atoms with Crippen LogP contribution in [0.2, 0.25) is 0 Å². The molecule has 1 rings (SSSR count). The summed E-state index contributed by atoms with van der Waals surface area (Å²) in [5.41, 5.74) is 0.373. The molecule has 0 bridgehead atoms. The SMILES string of the molecule is CN(C)CC(=O)N1CCCC(CC(C)(C)C)C1. The van der Waals surface area contributed by atoms with Crippen molar-refractivity contribution in [3.63, 3.8) is 0 Å². The molecule has 3 heteroatoms. The molecule has 1 amide bonds. The fourth-order valence-electron chi connectivity index (χ4n) is 2.69. The third kappa shape index (κ3) is 5.53. The minimum Gasteiger partial charge on any atom is -0.341 e. The minimum atomic E-state index is 0.286. The summed E-state index contributed by atoms with van der Waals surface area (Å²) in [6.07, 6.45) is 3.67. The smallest absolute Gasteiger partial charge is 0.236 e. The van der Waals surface area contributed by atoms with Crippen LogP contribution >= 0.6 is 0 Å². The van der Waals surface area contributed by atoms with Gasteiger partial charge in [-0.2, -0.15) is 0 Å². The van der Waals surface area contributed by atoms with Crippen LogP contribution in [0.1, 0.15) is 40.0 Å². The molecule has 17 heavy (non-hydrogen) atoms. The van der Waals surface area contributed by atoms with Gasteiger partial charge in [0.05, 0.1) is 6.54 Å². The Morgan fingerprint density at radius 3 is 2.53 bits per heavy atom. The van der Waals surface area contributed by atoms with Gasteiger partial charge in [-0.3, -0.25) is 4.79 Å². The van der Waals surface area contributed by atoms with Crippen LogP contribution in [0.3, 0.4) is 0 Å². The summed E-state index contributed by atoms with van der Waals surface area (Å²) in [5, 5.41) is 0. The highest BCUT2D eigenvalue weighted by Gasteiger charge is 2.26. The maximum absolute atomic E-state index is 12.0. The summed E-state index contributed by atoms with van der Waals surface area (Å²) in [5.74, 6) is 0.975. The van der Waals surface area contributed by atoms with Gasteiger partial charge in [0.15, 0.2) is 0 Å². The second-order valence-electron chi connectivity index (χ2n) is 6.85. The van der Waals surface area contributed by atoms with Gasteiger partial charge in [0.25, 0.3) is 0 Å². The summed E-state index contributed by atoms with van der Waals surface area (Å²) in [4.78, 5) is 16.0. The van der Waals surface area contributed by atoms with E-state index in [2.05, 4.69) is 25.7 Å². The van der Waals surface area contributed by atoms with Crippen LogP contribution in [0.15, 0.2) is 0 Å². The predicted molar refractivity (Wildman–Crippen MR) is 71.9 cm³/mol. The van der Waals surface area contributed by atoms with Gasteiger partial charge in [0.1, 0.15) is 0 Å². The molecule has 0 spiro atoms. The van der Waals surface area contributed by atoms with Crippen molar-refractivity contribution >= 4 is 5.91 Å². The lowest BCUT2D eigenvalue weighted by Gasteiger charge is -2.36. The number of carbonyl (C=O) groups is 1. The highest BCUT2D eigenvalue weighted by atomic mass is 16.2. The number of piperidine rings is 1. The zero-order valence-corrected chi connectivity index (χ0v) is 12.1. The molecule has 0 saturated carbocycles. The Kier molecular flexibility index (Phi) is 4.99. The summed E-state index contributed by atoms with van der Waals surface area (Å²) >= 11 is 0. The van der Waals surface area contributed by atoms with E-state index in [4.69, 9.17) is 0 Å². The van der Waals surface area contributed by atoms with Crippen LogP contribution < -0.4 is 0 Å². The fraction of sp³-hybridized carbons (Fsp3) is 0.929. The lowest BCUT2D eigenvalue weighted by atomic mass is 9.81. The number of carbonyl (C=O) groups excluding carboxylic acids is 1. The van der Waals surface area contributed by atoms with Gasteiger partial charge in [0.2, 0.25) is 5.91 Å². The average molecular weight is 240 g/mol. The fourth-order valence-corrected chi connectivity index (χ4v) is 2.69. The Bertz CT molecular complexity index is 255. The molecule has 0 aliphatic carbocycles. The molecule has 1 aliphatic rings. The molecule has 0 radical (unpaired) electrons. The Balaban J connectivity index is 2.46. The maximum atomic E-state index is 12.0. The normalized spacial score (nSPS) is 22.0. The minimum absolute atomic E-state index is 0.286. The zero-order valence-electron chi connectivity index (χ0n) is 12.1. The second-order valence-corrected chi connectivity index (χ2v) is 6.85. The molecule has 1 unspecified atom stereocenters. The van der Waals surface area contributed by atoms with Crippen LogP contribution in [0, 0.1) is 11.3 Å². The van der Waals surface area contributed by atoms with E-state index in [-0.39, 0.29) is 5.91 Å². The molecule has 0 aromatic rings. The Hall–Kier alpha value is -0.570. The molecule has 1 heterocycles. The number of hydrogen-bond donors (Lipinski definition) is 0. The summed E-state index contributed by atoms with van der Waals surface area (Å²) in [7, 11) is 3.91. The number of hydrogen-bond acceptors (Lipinski definition) is 2. The highest BCUT2D eigenvalue weighted by Crippen LogP contribution is 2.30. The third-order valence-corrected chi connectivity index (χ3v) is 3.22. The van der Waals surface area contributed by atoms with Gasteiger partial charge in [-0.05, 0) is 44.7 Å². The topological polar surface area (TPSA) is 23.6 Å². The van der Waals surface area contributed by atoms with E-state index in [1.165, 1.54) is 19.3 Å². The molecular formula is C14H28N2O. The van der Waals surface area contributed by atoms with Crippen molar-refractivity contribution in [1.29, 1.82) is 0 Å². The van der Waals surface area contributed by atoms with Crippen molar-refractivity contribution in [3.05, 3.63) is 0 Å². The Labute approximate surface area is 106 Å². The van der Waals surface area contributed by atoms with E-state index in [0.717, 1.165) is 13.1 Å². The monoisotopic (exact) mass is 240 g/mol. The van der Waals surface area contributed by atoms with Crippen molar-refractivity contribution < 1.29 is 4.79 Å². The van der Waals surface area contributed by atoms with Gasteiger partial charge >= 0.3 is 0 Å². The van der Waals surface area contributed by atoms with Crippen molar-refractivity contribution in [2.45, 2.75) is 40.0 Å². The van der Waals surface area contributed by atoms with E-state index in [1.54, 1.807) is 0 Å². The molecule has 0 aromatic heterocycles. The van der Waals surface area contributed by atoms with Gasteiger partial charge in [-0.1, -0.05) is 20.8 Å². The first-order valence-electron chi connectivity index (χ1n) is 6.70. The number of rotatable bonds is 3. The Morgan fingerprint density at radius 2 is 2.00 bits per heavy atom. The lowest BCUT2D eigenvalue weighted by molar-refractivity contribution is -0.133. The predicted octanol–water partition coefficient (Wildman–Crippen LogP) is 2.22. The van der Waals surface area contributed by atoms with Crippen LogP contribution in [0.25, 0.3) is 0 Å². The molecule has 1 aliphatic heterocycles. The average Bonchev–Trinajstić information content (AvgIpc) is 2.14. The molecule has 3 nitrogen and oxygen atoms in total. The first-order valence-corrected chi connectivity index (χ1v) is 6.70. The molecule has 0 N–H and O–H groups in total. The zero-order chi connectivity index (χ0) is 13.1. The van der Waals surface area contributed by atoms with Crippen LogP contribution in [0.4, 0.5) is 0 Å². The standard InChI is InChI=1S/C14H28N2O/c1-14(2,3)9-12-7-6-8-16(10-12)13(17)11-15(4)5/h12H,6-11H2,1-5H3. The van der Waals surface area contributed by atoms with Crippen LogP contribution in [0.5, 0.6) is 0 Å². The summed E-state index contributed by atoms with van der Waals surface area (Å²) in [6, 6.07) is 0. The van der Waals surface area contributed by atoms with Gasteiger partial charge in [0, 0.05) is 13.1 Å². The van der Waals surface area contributed by atoms with Crippen molar-refractivity contribution in [2.75, 3.05) is 33.7 Å². The van der Waals surface area contributed by atoms with E-state index in [9.17, 15) is 4.79 Å². The van der Waals surface area contributed by atoms with Crippen molar-refractivity contribution in [1.82, 2.24) is 9.80 Å². The first-order chi connectivity index (χ1) is 7.78. The lowest BCUT2D eigenvalue weighted by Crippen LogP contribution is -2.44. The quantitative estimate of drug-likeness (QED) is 0.755. The van der Waals surface area contributed by atoms with E-state index in [0.29, 0.717) is 17.9 Å². The largest absolute Gasteiger partial charge is 0.341 e. The summed E-state index contributed by atoms with van der Waals surface area (Å²) < 4.78 is 0. The van der Waals surface area contributed by atoms with Gasteiger partial charge in [-0.15, -0.1) is 0 Å². The molecular weight excluding hydrogens is 212 g/mol.